The maximum Gasteiger partial charge on any atom is 0.306 e. The molecule has 316 valence electrons. The Balaban J connectivity index is 4.54. The Labute approximate surface area is 330 Å². The van der Waals surface area contributed by atoms with Gasteiger partial charge in [0, 0.05) is 6.42 Å². The van der Waals surface area contributed by atoms with E-state index in [1.165, 1.54) is 173 Å². The average Bonchev–Trinajstić information content (AvgIpc) is 3.15. The summed E-state index contributed by atoms with van der Waals surface area (Å²) in [6, 6.07) is -0.690. The topological polar surface area (TPSA) is 95.9 Å². The van der Waals surface area contributed by atoms with Gasteiger partial charge in [-0.05, 0) is 25.7 Å². The maximum atomic E-state index is 13.1. The molecule has 0 heterocycles. The van der Waals surface area contributed by atoms with Gasteiger partial charge in [-0.1, -0.05) is 226 Å². The Morgan fingerprint density at radius 2 is 0.792 bits per heavy atom. The van der Waals surface area contributed by atoms with Crippen molar-refractivity contribution >= 4 is 11.9 Å². The van der Waals surface area contributed by atoms with Gasteiger partial charge in [-0.25, -0.2) is 0 Å². The monoisotopic (exact) mass is 752 g/mol. The highest BCUT2D eigenvalue weighted by Gasteiger charge is 2.24. The number of amides is 1. The van der Waals surface area contributed by atoms with Crippen LogP contribution in [0.15, 0.2) is 0 Å². The Morgan fingerprint density at radius 3 is 1.15 bits per heavy atom. The number of nitrogens with one attached hydrogen (secondary N) is 1. The van der Waals surface area contributed by atoms with Crippen molar-refractivity contribution in [3.05, 3.63) is 0 Å². The number of hydrogen-bond donors (Lipinski definition) is 3. The molecule has 0 rings (SSSR count). The van der Waals surface area contributed by atoms with E-state index < -0.39 is 18.2 Å². The van der Waals surface area contributed by atoms with E-state index in [4.69, 9.17) is 4.74 Å². The van der Waals surface area contributed by atoms with E-state index in [0.29, 0.717) is 19.3 Å². The lowest BCUT2D eigenvalue weighted by molar-refractivity contribution is -0.151. The molecule has 0 fully saturated rings. The van der Waals surface area contributed by atoms with Crippen LogP contribution in [-0.2, 0) is 14.3 Å². The van der Waals surface area contributed by atoms with Crippen molar-refractivity contribution in [1.82, 2.24) is 5.32 Å². The van der Waals surface area contributed by atoms with Crippen molar-refractivity contribution in [1.29, 1.82) is 0 Å². The normalized spacial score (nSPS) is 13.2. The number of unbranched alkanes of at least 4 members (excludes halogenated alkanes) is 31. The van der Waals surface area contributed by atoms with Crippen LogP contribution in [0.25, 0.3) is 0 Å². The predicted octanol–water partition coefficient (Wildman–Crippen LogP) is 13.6. The molecule has 3 atom stereocenters. The zero-order valence-corrected chi connectivity index (χ0v) is 35.9. The number of carbonyl (C=O) groups is 2. The number of esters is 1. The summed E-state index contributed by atoms with van der Waals surface area (Å²) < 4.78 is 5.91. The van der Waals surface area contributed by atoms with E-state index in [2.05, 4.69) is 26.1 Å². The molecule has 0 bridgehead atoms. The van der Waals surface area contributed by atoms with Crippen molar-refractivity contribution in [2.45, 2.75) is 283 Å². The summed E-state index contributed by atoms with van der Waals surface area (Å²) in [4.78, 5) is 26.0. The van der Waals surface area contributed by atoms with Gasteiger partial charge in [0.15, 0.2) is 0 Å². The molecule has 53 heavy (non-hydrogen) atoms. The minimum absolute atomic E-state index is 0.0870. The van der Waals surface area contributed by atoms with Gasteiger partial charge >= 0.3 is 5.97 Å². The number of ether oxygens (including phenoxy) is 1. The number of aliphatic hydroxyl groups excluding tert-OH is 2. The molecule has 0 aliphatic rings. The summed E-state index contributed by atoms with van der Waals surface area (Å²) in [6.07, 6.45) is 43.0. The molecule has 0 saturated heterocycles. The molecule has 6 nitrogen and oxygen atoms in total. The van der Waals surface area contributed by atoms with Gasteiger partial charge in [-0.15, -0.1) is 0 Å². The first-order valence-corrected chi connectivity index (χ1v) is 23.8. The third kappa shape index (κ3) is 37.6. The zero-order valence-electron chi connectivity index (χ0n) is 35.9. The van der Waals surface area contributed by atoms with Gasteiger partial charge in [-0.2, -0.15) is 0 Å². The fourth-order valence-electron chi connectivity index (χ4n) is 7.55. The van der Waals surface area contributed by atoms with Gasteiger partial charge in [-0.3, -0.25) is 9.59 Å². The fraction of sp³-hybridized carbons (Fsp3) is 0.957. The van der Waals surface area contributed by atoms with Gasteiger partial charge in [0.05, 0.1) is 25.2 Å². The van der Waals surface area contributed by atoms with Gasteiger partial charge in [0.2, 0.25) is 5.91 Å². The second kappa shape index (κ2) is 42.0. The van der Waals surface area contributed by atoms with E-state index in [0.717, 1.165) is 44.9 Å². The van der Waals surface area contributed by atoms with Crippen LogP contribution in [-0.4, -0.2) is 46.9 Å². The van der Waals surface area contributed by atoms with Crippen LogP contribution in [0.3, 0.4) is 0 Å². The lowest BCUT2D eigenvalue weighted by Crippen LogP contribution is -2.46. The highest BCUT2D eigenvalue weighted by Crippen LogP contribution is 2.18. The maximum absolute atomic E-state index is 13.1. The molecule has 1 amide bonds. The van der Waals surface area contributed by atoms with Crippen LogP contribution in [0.2, 0.25) is 0 Å². The van der Waals surface area contributed by atoms with E-state index in [1.807, 2.05) is 0 Å². The summed E-state index contributed by atoms with van der Waals surface area (Å²) in [7, 11) is 0. The van der Waals surface area contributed by atoms with Crippen LogP contribution in [0.1, 0.15) is 265 Å². The first-order valence-electron chi connectivity index (χ1n) is 23.8. The lowest BCUT2D eigenvalue weighted by atomic mass is 10.0. The Kier molecular flexibility index (Phi) is 41.1. The molecule has 6 heteroatoms. The zero-order chi connectivity index (χ0) is 38.9. The van der Waals surface area contributed by atoms with E-state index in [1.54, 1.807) is 0 Å². The van der Waals surface area contributed by atoms with Gasteiger partial charge in [0.25, 0.3) is 0 Å². The molecular formula is C47H93NO5. The highest BCUT2D eigenvalue weighted by atomic mass is 16.5. The quantitative estimate of drug-likeness (QED) is 0.0426. The third-order valence-corrected chi connectivity index (χ3v) is 11.2. The van der Waals surface area contributed by atoms with E-state index in [9.17, 15) is 19.8 Å². The van der Waals surface area contributed by atoms with Crippen molar-refractivity contribution in [3.63, 3.8) is 0 Å². The minimum Gasteiger partial charge on any atom is -0.462 e. The van der Waals surface area contributed by atoms with Gasteiger partial charge in [0.1, 0.15) is 6.10 Å². The molecule has 3 unspecified atom stereocenters. The van der Waals surface area contributed by atoms with Crippen molar-refractivity contribution in [3.8, 4) is 0 Å². The highest BCUT2D eigenvalue weighted by molar-refractivity contribution is 5.77. The summed E-state index contributed by atoms with van der Waals surface area (Å²) >= 11 is 0. The number of hydrogen-bond acceptors (Lipinski definition) is 5. The molecule has 0 aromatic carbocycles. The molecule has 3 N–H and O–H groups in total. The molecule has 0 aliphatic heterocycles. The largest absolute Gasteiger partial charge is 0.462 e. The van der Waals surface area contributed by atoms with E-state index >= 15 is 0 Å². The molecule has 0 aliphatic carbocycles. The summed E-state index contributed by atoms with van der Waals surface area (Å²) in [6.45, 7) is 6.47. The number of rotatable bonds is 43. The van der Waals surface area contributed by atoms with E-state index in [-0.39, 0.29) is 24.9 Å². The van der Waals surface area contributed by atoms with Crippen LogP contribution in [0.4, 0.5) is 0 Å². The lowest BCUT2D eigenvalue weighted by Gasteiger charge is -2.24. The first kappa shape index (κ1) is 51.9. The second-order valence-electron chi connectivity index (χ2n) is 16.5. The van der Waals surface area contributed by atoms with Gasteiger partial charge < -0.3 is 20.3 Å². The molecular weight excluding hydrogens is 659 g/mol. The standard InChI is InChI=1S/C47H93NO5/c1-4-7-10-13-16-19-21-22-23-25-27-29-32-35-38-43(53-47(52)40-37-34-31-28-24-20-17-14-11-8-5-2)41-46(51)48-44(42-49)45(50)39-36-33-30-26-18-15-12-9-6-3/h43-45,49-50H,4-42H2,1-3H3,(H,48,51). The van der Waals surface area contributed by atoms with Crippen molar-refractivity contribution < 1.29 is 24.5 Å². The first-order chi connectivity index (χ1) is 26.0. The Bertz CT molecular complexity index is 761. The SMILES string of the molecule is CCCCCCCCCCCCCCCCC(CC(=O)NC(CO)C(O)CCCCCCCCCCC)OC(=O)CCCCCCCCCCCCC. The Hall–Kier alpha value is -1.14. The number of aliphatic hydroxyl groups is 2. The van der Waals surface area contributed by atoms with Crippen molar-refractivity contribution in [2.24, 2.45) is 0 Å². The van der Waals surface area contributed by atoms with Crippen LogP contribution < -0.4 is 5.32 Å². The van der Waals surface area contributed by atoms with Crippen LogP contribution in [0.5, 0.6) is 0 Å². The predicted molar refractivity (Wildman–Crippen MR) is 227 cm³/mol. The summed E-state index contributed by atoms with van der Waals surface area (Å²) in [5, 5.41) is 23.6. The third-order valence-electron chi connectivity index (χ3n) is 11.2. The average molecular weight is 752 g/mol. The summed E-state index contributed by atoms with van der Waals surface area (Å²) in [5.74, 6) is -0.457. The Morgan fingerprint density at radius 1 is 0.472 bits per heavy atom. The molecule has 0 aromatic rings. The van der Waals surface area contributed by atoms with Crippen LogP contribution in [0, 0.1) is 0 Å². The smallest absolute Gasteiger partial charge is 0.306 e. The second-order valence-corrected chi connectivity index (χ2v) is 16.5. The molecule has 0 radical (unpaired) electrons. The fourth-order valence-corrected chi connectivity index (χ4v) is 7.55. The number of carbonyl (C=O) groups excluding carboxylic acids is 2. The molecule has 0 spiro atoms. The van der Waals surface area contributed by atoms with Crippen molar-refractivity contribution in [2.75, 3.05) is 6.61 Å². The molecule has 0 aromatic heterocycles. The van der Waals surface area contributed by atoms with Crippen LogP contribution >= 0.6 is 0 Å². The minimum atomic E-state index is -0.777. The molecule has 0 saturated carbocycles. The summed E-state index contributed by atoms with van der Waals surface area (Å²) in [5.41, 5.74) is 0.